The maximum Gasteiger partial charge on any atom is 0.222 e. The van der Waals surface area contributed by atoms with Crippen molar-refractivity contribution in [3.63, 3.8) is 0 Å². The van der Waals surface area contributed by atoms with Gasteiger partial charge in [-0.1, -0.05) is 64.3 Å². The lowest BCUT2D eigenvalue weighted by molar-refractivity contribution is -0.128. The highest BCUT2D eigenvalue weighted by Gasteiger charge is 2.21. The van der Waals surface area contributed by atoms with E-state index in [-0.39, 0.29) is 35.3 Å². The van der Waals surface area contributed by atoms with E-state index in [0.29, 0.717) is 19.5 Å². The Bertz CT molecular complexity index is 660. The summed E-state index contributed by atoms with van der Waals surface area (Å²) in [4.78, 5) is 18.3. The van der Waals surface area contributed by atoms with Gasteiger partial charge in [0.05, 0.1) is 0 Å². The van der Waals surface area contributed by atoms with Gasteiger partial charge in [0.1, 0.15) is 0 Å². The van der Waals surface area contributed by atoms with Crippen LogP contribution in [-0.2, 0) is 17.9 Å². The Morgan fingerprint density at radius 1 is 1.17 bits per heavy atom. The number of amides is 1. The van der Waals surface area contributed by atoms with Crippen LogP contribution < -0.4 is 10.6 Å². The van der Waals surface area contributed by atoms with Crippen LogP contribution in [0.2, 0.25) is 0 Å². The number of hydrogen-bond acceptors (Lipinski definition) is 2. The van der Waals surface area contributed by atoms with Crippen molar-refractivity contribution in [2.45, 2.75) is 72.4 Å². The van der Waals surface area contributed by atoms with Crippen molar-refractivity contribution in [2.75, 3.05) is 20.1 Å². The molecule has 0 aliphatic carbocycles. The minimum Gasteiger partial charge on any atom is -0.356 e. The first-order chi connectivity index (χ1) is 13.4. The summed E-state index contributed by atoms with van der Waals surface area (Å²) >= 11 is 0. The minimum atomic E-state index is 0. The van der Waals surface area contributed by atoms with Crippen molar-refractivity contribution in [1.29, 1.82) is 0 Å². The Morgan fingerprint density at radius 2 is 1.90 bits per heavy atom. The Balaban J connectivity index is 0.00000420. The topological polar surface area (TPSA) is 56.7 Å². The molecular formula is C23H39IN4O. The predicted octanol–water partition coefficient (Wildman–Crippen LogP) is 4.70. The van der Waals surface area contributed by atoms with E-state index >= 15 is 0 Å². The van der Waals surface area contributed by atoms with Gasteiger partial charge in [0.15, 0.2) is 5.96 Å². The Morgan fingerprint density at radius 3 is 2.52 bits per heavy atom. The first-order valence-electron chi connectivity index (χ1n) is 10.7. The number of aliphatic imine (C=N–C) groups is 1. The molecule has 6 heteroatoms. The second-order valence-electron chi connectivity index (χ2n) is 8.59. The van der Waals surface area contributed by atoms with Gasteiger partial charge in [-0.25, -0.2) is 0 Å². The predicted molar refractivity (Wildman–Crippen MR) is 133 cm³/mol. The third-order valence-corrected chi connectivity index (χ3v) is 5.51. The summed E-state index contributed by atoms with van der Waals surface area (Å²) in [5.41, 5.74) is 2.67. The molecule has 164 valence electrons. The summed E-state index contributed by atoms with van der Waals surface area (Å²) in [7, 11) is 1.81. The number of carbonyl (C=O) groups is 1. The molecule has 1 aromatic carbocycles. The van der Waals surface area contributed by atoms with Gasteiger partial charge in [-0.3, -0.25) is 9.79 Å². The zero-order chi connectivity index (χ0) is 20.4. The number of likely N-dealkylation sites (tertiary alicyclic amines) is 1. The minimum absolute atomic E-state index is 0. The zero-order valence-corrected chi connectivity index (χ0v) is 20.9. The number of hydrogen-bond donors (Lipinski definition) is 2. The largest absolute Gasteiger partial charge is 0.356 e. The highest BCUT2D eigenvalue weighted by molar-refractivity contribution is 14.0. The Kier molecular flexibility index (Phi) is 11.6. The highest BCUT2D eigenvalue weighted by atomic mass is 127. The van der Waals surface area contributed by atoms with Gasteiger partial charge in [-0.05, 0) is 29.4 Å². The van der Waals surface area contributed by atoms with E-state index in [1.807, 2.05) is 18.0 Å². The third kappa shape index (κ3) is 8.93. The standard InChI is InChI=1S/C23H38N4O.HI/c1-5-6-9-14-23(2,3)18-26-22(24-4)25-16-19-11-7-8-12-20(19)17-27-15-10-13-21(27)28;/h7-8,11-12H,5-6,9-10,13-18H2,1-4H3,(H2,24,25,26);1H. The summed E-state index contributed by atoms with van der Waals surface area (Å²) in [6.45, 7) is 10.0. The molecule has 1 heterocycles. The van der Waals surface area contributed by atoms with E-state index in [2.05, 4.69) is 54.6 Å². The lowest BCUT2D eigenvalue weighted by Gasteiger charge is -2.26. The highest BCUT2D eigenvalue weighted by Crippen LogP contribution is 2.22. The van der Waals surface area contributed by atoms with E-state index in [0.717, 1.165) is 25.5 Å². The Labute approximate surface area is 194 Å². The van der Waals surface area contributed by atoms with Crippen molar-refractivity contribution in [1.82, 2.24) is 15.5 Å². The monoisotopic (exact) mass is 514 g/mol. The summed E-state index contributed by atoms with van der Waals surface area (Å²) in [5, 5.41) is 6.92. The van der Waals surface area contributed by atoms with Gasteiger partial charge in [-0.15, -0.1) is 24.0 Å². The number of nitrogens with zero attached hydrogens (tertiary/aromatic N) is 2. The van der Waals surface area contributed by atoms with E-state index in [4.69, 9.17) is 0 Å². The van der Waals surface area contributed by atoms with Crippen LogP contribution in [0.4, 0.5) is 0 Å². The third-order valence-electron chi connectivity index (χ3n) is 5.51. The summed E-state index contributed by atoms with van der Waals surface area (Å²) < 4.78 is 0. The first-order valence-corrected chi connectivity index (χ1v) is 10.7. The molecule has 0 spiro atoms. The fourth-order valence-corrected chi connectivity index (χ4v) is 3.63. The smallest absolute Gasteiger partial charge is 0.222 e. The van der Waals surface area contributed by atoms with E-state index in [9.17, 15) is 4.79 Å². The molecule has 1 aromatic rings. The number of carbonyl (C=O) groups excluding carboxylic acids is 1. The molecule has 29 heavy (non-hydrogen) atoms. The van der Waals surface area contributed by atoms with Crippen molar-refractivity contribution in [3.8, 4) is 0 Å². The number of benzene rings is 1. The molecule has 0 saturated carbocycles. The SMILES string of the molecule is CCCCCC(C)(C)CNC(=NC)NCc1ccccc1CN1CCCC1=O.I. The second kappa shape index (κ2) is 13.1. The zero-order valence-electron chi connectivity index (χ0n) is 18.6. The van der Waals surface area contributed by atoms with E-state index in [1.165, 1.54) is 36.8 Å². The molecule has 2 N–H and O–H groups in total. The molecule has 2 rings (SSSR count). The molecule has 1 aliphatic rings. The van der Waals surface area contributed by atoms with Gasteiger partial charge >= 0.3 is 0 Å². The van der Waals surface area contributed by atoms with Crippen molar-refractivity contribution in [3.05, 3.63) is 35.4 Å². The second-order valence-corrected chi connectivity index (χ2v) is 8.59. The molecule has 0 unspecified atom stereocenters. The van der Waals surface area contributed by atoms with Gasteiger partial charge in [0.25, 0.3) is 0 Å². The Hall–Kier alpha value is -1.31. The van der Waals surface area contributed by atoms with E-state index < -0.39 is 0 Å². The van der Waals surface area contributed by atoms with Crippen LogP contribution in [0.3, 0.4) is 0 Å². The molecule has 1 saturated heterocycles. The van der Waals surface area contributed by atoms with Gasteiger partial charge in [0, 0.05) is 39.6 Å². The summed E-state index contributed by atoms with van der Waals surface area (Å²) in [6, 6.07) is 8.35. The van der Waals surface area contributed by atoms with Crippen molar-refractivity contribution >= 4 is 35.8 Å². The van der Waals surface area contributed by atoms with Crippen LogP contribution in [0, 0.1) is 5.41 Å². The molecule has 5 nitrogen and oxygen atoms in total. The summed E-state index contributed by atoms with van der Waals surface area (Å²) in [5.74, 6) is 1.10. The van der Waals surface area contributed by atoms with Crippen molar-refractivity contribution < 1.29 is 4.79 Å². The summed E-state index contributed by atoms with van der Waals surface area (Å²) in [6.07, 6.45) is 6.72. The van der Waals surface area contributed by atoms with Gasteiger partial charge < -0.3 is 15.5 Å². The van der Waals surface area contributed by atoms with Crippen LogP contribution >= 0.6 is 24.0 Å². The fraction of sp³-hybridized carbons (Fsp3) is 0.652. The lowest BCUT2D eigenvalue weighted by atomic mass is 9.87. The van der Waals surface area contributed by atoms with Gasteiger partial charge in [0.2, 0.25) is 5.91 Å². The number of rotatable bonds is 10. The molecule has 0 atom stereocenters. The number of unbranched alkanes of at least 4 members (excludes halogenated alkanes) is 2. The van der Waals surface area contributed by atoms with E-state index in [1.54, 1.807) is 0 Å². The number of guanidine groups is 1. The quantitative estimate of drug-likeness (QED) is 0.206. The van der Waals surface area contributed by atoms with Gasteiger partial charge in [-0.2, -0.15) is 0 Å². The normalized spacial score (nSPS) is 14.7. The first kappa shape index (κ1) is 25.7. The lowest BCUT2D eigenvalue weighted by Crippen LogP contribution is -2.41. The number of nitrogens with one attached hydrogen (secondary N) is 2. The molecule has 0 aromatic heterocycles. The molecular weight excluding hydrogens is 475 g/mol. The average molecular weight is 514 g/mol. The molecule has 0 radical (unpaired) electrons. The van der Waals surface area contributed by atoms with Crippen LogP contribution in [0.1, 0.15) is 70.4 Å². The number of halogens is 1. The van der Waals surface area contributed by atoms with Crippen LogP contribution in [-0.4, -0.2) is 36.9 Å². The molecule has 1 fully saturated rings. The van der Waals surface area contributed by atoms with Crippen molar-refractivity contribution in [2.24, 2.45) is 10.4 Å². The van der Waals surface area contributed by atoms with Crippen LogP contribution in [0.5, 0.6) is 0 Å². The fourth-order valence-electron chi connectivity index (χ4n) is 3.63. The van der Waals surface area contributed by atoms with Crippen LogP contribution in [0.25, 0.3) is 0 Å². The average Bonchev–Trinajstić information content (AvgIpc) is 3.08. The molecule has 1 amide bonds. The maximum absolute atomic E-state index is 12.0. The van der Waals surface area contributed by atoms with Crippen LogP contribution in [0.15, 0.2) is 29.3 Å². The maximum atomic E-state index is 12.0. The molecule has 0 bridgehead atoms. The molecule has 1 aliphatic heterocycles.